The maximum absolute atomic E-state index is 11.2. The van der Waals surface area contributed by atoms with Crippen molar-refractivity contribution in [3.8, 4) is 0 Å². The molecule has 0 bridgehead atoms. The van der Waals surface area contributed by atoms with Gasteiger partial charge in [-0.2, -0.15) is 0 Å². The number of rotatable bonds is 20. The molecule has 0 rings (SSSR count). The number of hydrogen-bond donors (Lipinski definition) is 1. The standard InChI is InChI=1S/C23H42O3/c1-3-4-5-6-12-15-18-22(20-24)19-16-13-10-8-7-9-11-14-17-21(2)23(25)26/h20,22H,2-19H2,1H3,(H,25,26). The molecule has 1 atom stereocenters. The number of unbranched alkanes of at least 4 members (excludes halogenated alkanes) is 12. The Labute approximate surface area is 161 Å². The first-order valence-electron chi connectivity index (χ1n) is 11.0. The third-order valence-electron chi connectivity index (χ3n) is 5.23. The van der Waals surface area contributed by atoms with E-state index in [1.54, 1.807) is 0 Å². The van der Waals surface area contributed by atoms with Gasteiger partial charge in [0.1, 0.15) is 6.29 Å². The minimum absolute atomic E-state index is 0.281. The molecule has 1 unspecified atom stereocenters. The highest BCUT2D eigenvalue weighted by molar-refractivity contribution is 5.85. The van der Waals surface area contributed by atoms with E-state index >= 15 is 0 Å². The minimum atomic E-state index is -0.866. The second-order valence-corrected chi connectivity index (χ2v) is 7.73. The fourth-order valence-corrected chi connectivity index (χ4v) is 3.38. The SMILES string of the molecule is C=C(CCCCCCCCCCC(C=O)CCCCCCCC)C(=O)O. The first-order chi connectivity index (χ1) is 12.6. The van der Waals surface area contributed by atoms with Gasteiger partial charge in [0.15, 0.2) is 0 Å². The molecule has 0 aliphatic heterocycles. The Bertz CT molecular complexity index is 362. The maximum atomic E-state index is 11.2. The molecule has 0 amide bonds. The molecule has 0 aromatic carbocycles. The molecule has 0 aromatic rings. The molecule has 0 spiro atoms. The molecule has 26 heavy (non-hydrogen) atoms. The van der Waals surface area contributed by atoms with Gasteiger partial charge in [0, 0.05) is 11.5 Å². The largest absolute Gasteiger partial charge is 0.478 e. The Morgan fingerprint density at radius 1 is 0.808 bits per heavy atom. The van der Waals surface area contributed by atoms with Crippen LogP contribution in [0, 0.1) is 5.92 Å². The molecule has 0 heterocycles. The minimum Gasteiger partial charge on any atom is -0.478 e. The van der Waals surface area contributed by atoms with Crippen LogP contribution in [0.3, 0.4) is 0 Å². The Morgan fingerprint density at radius 2 is 1.23 bits per heavy atom. The lowest BCUT2D eigenvalue weighted by atomic mass is 9.95. The van der Waals surface area contributed by atoms with Crippen LogP contribution in [0.4, 0.5) is 0 Å². The van der Waals surface area contributed by atoms with Gasteiger partial charge in [-0.05, 0) is 25.7 Å². The lowest BCUT2D eigenvalue weighted by Crippen LogP contribution is -2.02. The van der Waals surface area contributed by atoms with Crippen molar-refractivity contribution in [2.75, 3.05) is 0 Å². The number of carbonyl (C=O) groups excluding carboxylic acids is 1. The molecule has 3 nitrogen and oxygen atoms in total. The highest BCUT2D eigenvalue weighted by Crippen LogP contribution is 2.18. The van der Waals surface area contributed by atoms with Crippen LogP contribution in [0.1, 0.15) is 116 Å². The van der Waals surface area contributed by atoms with Gasteiger partial charge in [-0.15, -0.1) is 0 Å². The van der Waals surface area contributed by atoms with Crippen molar-refractivity contribution in [2.24, 2.45) is 5.92 Å². The Balaban J connectivity index is 3.37. The predicted octanol–water partition coefficient (Wildman–Crippen LogP) is 7.09. The van der Waals surface area contributed by atoms with Gasteiger partial charge in [0.05, 0.1) is 0 Å². The summed E-state index contributed by atoms with van der Waals surface area (Å²) in [7, 11) is 0. The predicted molar refractivity (Wildman–Crippen MR) is 110 cm³/mol. The first-order valence-corrected chi connectivity index (χ1v) is 11.0. The number of carboxylic acid groups (broad SMARTS) is 1. The van der Waals surface area contributed by atoms with Crippen LogP contribution in [-0.4, -0.2) is 17.4 Å². The fourth-order valence-electron chi connectivity index (χ4n) is 3.38. The van der Waals surface area contributed by atoms with Crippen molar-refractivity contribution < 1.29 is 14.7 Å². The average Bonchev–Trinajstić information content (AvgIpc) is 2.63. The summed E-state index contributed by atoms with van der Waals surface area (Å²) in [6.07, 6.45) is 21.1. The van der Waals surface area contributed by atoms with Crippen LogP contribution in [0.15, 0.2) is 12.2 Å². The Kier molecular flexibility index (Phi) is 17.9. The molecule has 0 aromatic heterocycles. The molecular weight excluding hydrogens is 324 g/mol. The van der Waals surface area contributed by atoms with Crippen LogP contribution in [0.25, 0.3) is 0 Å². The lowest BCUT2D eigenvalue weighted by Gasteiger charge is -2.10. The summed E-state index contributed by atoms with van der Waals surface area (Å²) in [5, 5.41) is 8.73. The summed E-state index contributed by atoms with van der Waals surface area (Å²) in [5.41, 5.74) is 0.329. The smallest absolute Gasteiger partial charge is 0.330 e. The highest BCUT2D eigenvalue weighted by Gasteiger charge is 2.07. The molecule has 0 radical (unpaired) electrons. The third kappa shape index (κ3) is 16.4. The van der Waals surface area contributed by atoms with E-state index < -0.39 is 5.97 Å². The molecule has 0 fully saturated rings. The number of carbonyl (C=O) groups is 2. The van der Waals surface area contributed by atoms with Crippen molar-refractivity contribution >= 4 is 12.3 Å². The summed E-state index contributed by atoms with van der Waals surface area (Å²) >= 11 is 0. The average molecular weight is 367 g/mol. The molecule has 0 saturated heterocycles. The first kappa shape index (κ1) is 24.9. The van der Waals surface area contributed by atoms with Crippen LogP contribution >= 0.6 is 0 Å². The second-order valence-electron chi connectivity index (χ2n) is 7.73. The zero-order valence-electron chi connectivity index (χ0n) is 17.1. The normalized spacial score (nSPS) is 12.0. The van der Waals surface area contributed by atoms with Gasteiger partial charge < -0.3 is 9.90 Å². The summed E-state index contributed by atoms with van der Waals surface area (Å²) < 4.78 is 0. The third-order valence-corrected chi connectivity index (χ3v) is 5.23. The monoisotopic (exact) mass is 366 g/mol. The van der Waals surface area contributed by atoms with Crippen molar-refractivity contribution in [3.63, 3.8) is 0 Å². The van der Waals surface area contributed by atoms with E-state index in [2.05, 4.69) is 13.5 Å². The maximum Gasteiger partial charge on any atom is 0.330 e. The Morgan fingerprint density at radius 3 is 1.65 bits per heavy atom. The summed E-state index contributed by atoms with van der Waals surface area (Å²) in [6.45, 7) is 5.79. The molecule has 0 saturated carbocycles. The van der Waals surface area contributed by atoms with Crippen LogP contribution < -0.4 is 0 Å². The van der Waals surface area contributed by atoms with Crippen molar-refractivity contribution in [1.29, 1.82) is 0 Å². The van der Waals surface area contributed by atoms with Crippen molar-refractivity contribution in [1.82, 2.24) is 0 Å². The van der Waals surface area contributed by atoms with Gasteiger partial charge in [-0.3, -0.25) is 0 Å². The molecule has 0 aliphatic carbocycles. The quantitative estimate of drug-likeness (QED) is 0.142. The van der Waals surface area contributed by atoms with Crippen LogP contribution in [0.5, 0.6) is 0 Å². The topological polar surface area (TPSA) is 54.4 Å². The van der Waals surface area contributed by atoms with Crippen molar-refractivity contribution in [3.05, 3.63) is 12.2 Å². The molecule has 3 heteroatoms. The van der Waals surface area contributed by atoms with E-state index in [4.69, 9.17) is 5.11 Å². The number of aldehydes is 1. The van der Waals surface area contributed by atoms with Crippen molar-refractivity contribution in [2.45, 2.75) is 116 Å². The van der Waals surface area contributed by atoms with Gasteiger partial charge >= 0.3 is 5.97 Å². The van der Waals surface area contributed by atoms with Gasteiger partial charge in [0.2, 0.25) is 0 Å². The fraction of sp³-hybridized carbons (Fsp3) is 0.826. The van der Waals surface area contributed by atoms with E-state index in [1.165, 1.54) is 83.3 Å². The number of carboxylic acids is 1. The van der Waals surface area contributed by atoms with Crippen LogP contribution in [0.2, 0.25) is 0 Å². The van der Waals surface area contributed by atoms with E-state index in [1.807, 2.05) is 0 Å². The number of hydrogen-bond acceptors (Lipinski definition) is 2. The summed E-state index contributed by atoms with van der Waals surface area (Å²) in [5.74, 6) is -0.585. The van der Waals surface area contributed by atoms with E-state index in [0.29, 0.717) is 12.0 Å². The molecule has 0 aliphatic rings. The highest BCUT2D eigenvalue weighted by atomic mass is 16.4. The zero-order valence-corrected chi connectivity index (χ0v) is 17.1. The second kappa shape index (κ2) is 18.7. The summed E-state index contributed by atoms with van der Waals surface area (Å²) in [4.78, 5) is 21.8. The van der Waals surface area contributed by atoms with E-state index in [0.717, 1.165) is 25.7 Å². The zero-order chi connectivity index (χ0) is 19.5. The number of aliphatic carboxylic acids is 1. The van der Waals surface area contributed by atoms with Gasteiger partial charge in [0.25, 0.3) is 0 Å². The molecule has 1 N–H and O–H groups in total. The molecule has 152 valence electrons. The lowest BCUT2D eigenvalue weighted by molar-refractivity contribution is -0.132. The Hall–Kier alpha value is -1.12. The van der Waals surface area contributed by atoms with E-state index in [9.17, 15) is 9.59 Å². The van der Waals surface area contributed by atoms with Gasteiger partial charge in [-0.1, -0.05) is 97.0 Å². The summed E-state index contributed by atoms with van der Waals surface area (Å²) in [6, 6.07) is 0. The van der Waals surface area contributed by atoms with Crippen LogP contribution in [-0.2, 0) is 9.59 Å². The molecular formula is C23H42O3. The van der Waals surface area contributed by atoms with E-state index in [-0.39, 0.29) is 5.92 Å². The van der Waals surface area contributed by atoms with Gasteiger partial charge in [-0.25, -0.2) is 4.79 Å².